The first-order chi connectivity index (χ1) is 13.6. The molecule has 3 N–H and O–H groups in total. The van der Waals surface area contributed by atoms with E-state index < -0.39 is 11.9 Å². The third-order valence-corrected chi connectivity index (χ3v) is 4.09. The van der Waals surface area contributed by atoms with Crippen molar-refractivity contribution >= 4 is 16.9 Å². The van der Waals surface area contributed by atoms with Gasteiger partial charge < -0.3 is 24.7 Å². The van der Waals surface area contributed by atoms with Crippen molar-refractivity contribution in [1.82, 2.24) is 5.32 Å². The molecule has 6 heteroatoms. The maximum Gasteiger partial charge on any atom is 0.255 e. The van der Waals surface area contributed by atoms with E-state index in [0.29, 0.717) is 34.6 Å². The lowest BCUT2D eigenvalue weighted by atomic mass is 10.1. The van der Waals surface area contributed by atoms with Crippen LogP contribution in [0.25, 0.3) is 11.0 Å². The van der Waals surface area contributed by atoms with Crippen molar-refractivity contribution in [3.8, 4) is 5.75 Å². The number of fused-ring (bicyclic) bond motifs is 1. The Labute approximate surface area is 164 Å². The Bertz CT molecular complexity index is 885. The minimum atomic E-state index is -0.718. The number of aliphatic hydroxyl groups excluding tert-OH is 2. The van der Waals surface area contributed by atoms with Crippen LogP contribution in [-0.2, 0) is 6.61 Å². The molecule has 150 valence electrons. The van der Waals surface area contributed by atoms with E-state index >= 15 is 0 Å². The van der Waals surface area contributed by atoms with Crippen molar-refractivity contribution in [2.75, 3.05) is 13.2 Å². The average Bonchev–Trinajstić information content (AvgIpc) is 3.07. The van der Waals surface area contributed by atoms with E-state index in [1.807, 2.05) is 44.2 Å². The molecule has 0 fully saturated rings. The Morgan fingerprint density at radius 3 is 2.43 bits per heavy atom. The molecule has 0 unspecified atom stereocenters. The van der Waals surface area contributed by atoms with Crippen molar-refractivity contribution in [2.24, 2.45) is 0 Å². The summed E-state index contributed by atoms with van der Waals surface area (Å²) in [6.07, 6.45) is 0. The molecule has 2 aromatic carbocycles. The summed E-state index contributed by atoms with van der Waals surface area (Å²) in [7, 11) is 0. The first-order valence-electron chi connectivity index (χ1n) is 9.35. The molecular weight excluding hydrogens is 358 g/mol. The summed E-state index contributed by atoms with van der Waals surface area (Å²) in [5, 5.41) is 21.5. The zero-order valence-electron chi connectivity index (χ0n) is 16.4. The number of hydrogen-bond donors (Lipinski definition) is 3. The van der Waals surface area contributed by atoms with Gasteiger partial charge in [0, 0.05) is 5.39 Å². The van der Waals surface area contributed by atoms with Crippen molar-refractivity contribution in [3.05, 3.63) is 65.4 Å². The van der Waals surface area contributed by atoms with Gasteiger partial charge in [-0.3, -0.25) is 4.79 Å². The minimum absolute atomic E-state index is 0.345. The van der Waals surface area contributed by atoms with Crippen LogP contribution in [0, 0.1) is 6.92 Å². The largest absolute Gasteiger partial charge is 0.489 e. The highest BCUT2D eigenvalue weighted by molar-refractivity contribution is 6.07. The van der Waals surface area contributed by atoms with E-state index in [1.165, 1.54) is 0 Å². The molecule has 1 heterocycles. The number of carbonyl (C=O) groups excluding carboxylic acids is 1. The number of rotatable bonds is 7. The molecule has 0 aliphatic carbocycles. The van der Waals surface area contributed by atoms with Gasteiger partial charge in [-0.2, -0.15) is 0 Å². The molecule has 0 radical (unpaired) electrons. The third kappa shape index (κ3) is 5.12. The van der Waals surface area contributed by atoms with Gasteiger partial charge >= 0.3 is 0 Å². The van der Waals surface area contributed by atoms with Gasteiger partial charge in [0.1, 0.15) is 23.7 Å². The second-order valence-electron chi connectivity index (χ2n) is 6.00. The minimum Gasteiger partial charge on any atom is -0.489 e. The van der Waals surface area contributed by atoms with Crippen LogP contribution in [-0.4, -0.2) is 35.4 Å². The summed E-state index contributed by atoms with van der Waals surface area (Å²) in [6.45, 7) is 5.43. The lowest BCUT2D eigenvalue weighted by molar-refractivity contribution is 0.0879. The van der Waals surface area contributed by atoms with Crippen LogP contribution in [0.2, 0.25) is 0 Å². The fourth-order valence-electron chi connectivity index (χ4n) is 2.72. The van der Waals surface area contributed by atoms with E-state index in [-0.39, 0.29) is 13.2 Å². The highest BCUT2D eigenvalue weighted by Crippen LogP contribution is 2.29. The second kappa shape index (κ2) is 10.5. The number of benzene rings is 2. The van der Waals surface area contributed by atoms with Crippen LogP contribution in [0.4, 0.5) is 0 Å². The van der Waals surface area contributed by atoms with Gasteiger partial charge in [0.25, 0.3) is 5.91 Å². The first-order valence-corrected chi connectivity index (χ1v) is 9.35. The quantitative estimate of drug-likeness (QED) is 0.580. The zero-order valence-corrected chi connectivity index (χ0v) is 16.4. The molecule has 28 heavy (non-hydrogen) atoms. The molecule has 0 saturated carbocycles. The van der Waals surface area contributed by atoms with E-state index in [9.17, 15) is 4.79 Å². The van der Waals surface area contributed by atoms with Gasteiger partial charge in [0.2, 0.25) is 0 Å². The van der Waals surface area contributed by atoms with Crippen molar-refractivity contribution in [3.63, 3.8) is 0 Å². The summed E-state index contributed by atoms with van der Waals surface area (Å²) >= 11 is 0. The summed E-state index contributed by atoms with van der Waals surface area (Å²) in [6, 6.07) is 14.4. The number of furan rings is 1. The fraction of sp³-hybridized carbons (Fsp3) is 0.318. The number of carbonyl (C=O) groups is 1. The first kappa shape index (κ1) is 21.5. The highest BCUT2D eigenvalue weighted by atomic mass is 16.5. The van der Waals surface area contributed by atoms with Crippen LogP contribution in [0.1, 0.15) is 35.5 Å². The maximum atomic E-state index is 12.5. The predicted molar refractivity (Wildman–Crippen MR) is 108 cm³/mol. The van der Waals surface area contributed by atoms with E-state index in [1.54, 1.807) is 25.1 Å². The Balaban J connectivity index is 0.00000136. The lowest BCUT2D eigenvalue weighted by Crippen LogP contribution is -2.40. The van der Waals surface area contributed by atoms with Gasteiger partial charge in [-0.05, 0) is 30.7 Å². The molecule has 0 aliphatic rings. The SMILES string of the molecule is CC.Cc1oc2ccc(OCc3ccccc3)cc2c1C(=O)NC(CO)CO. The van der Waals surface area contributed by atoms with Gasteiger partial charge in [-0.1, -0.05) is 44.2 Å². The molecule has 6 nitrogen and oxygen atoms in total. The van der Waals surface area contributed by atoms with E-state index in [0.717, 1.165) is 5.56 Å². The topological polar surface area (TPSA) is 91.9 Å². The number of aryl methyl sites for hydroxylation is 1. The second-order valence-corrected chi connectivity index (χ2v) is 6.00. The molecule has 0 spiro atoms. The number of hydrogen-bond acceptors (Lipinski definition) is 5. The van der Waals surface area contributed by atoms with Gasteiger partial charge in [0.05, 0.1) is 24.8 Å². The molecular formula is C22H27NO5. The number of aliphatic hydroxyl groups is 2. The van der Waals surface area contributed by atoms with Crippen LogP contribution in [0.15, 0.2) is 52.9 Å². The zero-order chi connectivity index (χ0) is 20.5. The molecule has 1 amide bonds. The van der Waals surface area contributed by atoms with Gasteiger partial charge in [-0.25, -0.2) is 0 Å². The van der Waals surface area contributed by atoms with Crippen molar-refractivity contribution < 1.29 is 24.2 Å². The number of nitrogens with one attached hydrogen (secondary N) is 1. The normalized spacial score (nSPS) is 10.5. The number of amides is 1. The van der Waals surface area contributed by atoms with Gasteiger partial charge in [-0.15, -0.1) is 0 Å². The van der Waals surface area contributed by atoms with Gasteiger partial charge in [0.15, 0.2) is 0 Å². The Kier molecular flexibility index (Phi) is 8.04. The third-order valence-electron chi connectivity index (χ3n) is 4.09. The number of ether oxygens (including phenoxy) is 1. The molecule has 0 aliphatic heterocycles. The summed E-state index contributed by atoms with van der Waals surface area (Å²) in [5.41, 5.74) is 1.99. The fourth-order valence-corrected chi connectivity index (χ4v) is 2.72. The smallest absolute Gasteiger partial charge is 0.255 e. The van der Waals surface area contributed by atoms with Crippen LogP contribution in [0.3, 0.4) is 0 Å². The molecule has 0 saturated heterocycles. The van der Waals surface area contributed by atoms with Crippen LogP contribution >= 0.6 is 0 Å². The molecule has 1 aromatic heterocycles. The summed E-state index contributed by atoms with van der Waals surface area (Å²) < 4.78 is 11.5. The van der Waals surface area contributed by atoms with E-state index in [4.69, 9.17) is 19.4 Å². The Morgan fingerprint density at radius 1 is 1.11 bits per heavy atom. The summed E-state index contributed by atoms with van der Waals surface area (Å²) in [4.78, 5) is 12.5. The standard InChI is InChI=1S/C20H21NO5.C2H6/c1-13-19(20(24)21-15(10-22)11-23)17-9-16(7-8-18(17)26-13)25-12-14-5-3-2-4-6-14;1-2/h2-9,15,22-23H,10-12H2,1H3,(H,21,24);1-2H3. The maximum absolute atomic E-state index is 12.5. The van der Waals surface area contributed by atoms with E-state index in [2.05, 4.69) is 5.32 Å². The Hall–Kier alpha value is -2.83. The summed E-state index contributed by atoms with van der Waals surface area (Å²) in [5.74, 6) is 0.680. The lowest BCUT2D eigenvalue weighted by Gasteiger charge is -2.13. The monoisotopic (exact) mass is 385 g/mol. The Morgan fingerprint density at radius 2 is 1.79 bits per heavy atom. The van der Waals surface area contributed by atoms with Crippen LogP contribution in [0.5, 0.6) is 5.75 Å². The molecule has 0 atom stereocenters. The predicted octanol–water partition coefficient (Wildman–Crippen LogP) is 3.43. The molecule has 3 rings (SSSR count). The molecule has 0 bridgehead atoms. The highest BCUT2D eigenvalue weighted by Gasteiger charge is 2.21. The van der Waals surface area contributed by atoms with Crippen LogP contribution < -0.4 is 10.1 Å². The molecule has 3 aromatic rings. The van der Waals surface area contributed by atoms with Crippen molar-refractivity contribution in [1.29, 1.82) is 0 Å². The average molecular weight is 385 g/mol. The van der Waals surface area contributed by atoms with Crippen molar-refractivity contribution in [2.45, 2.75) is 33.4 Å².